The number of hydrogen-bond donors (Lipinski definition) is 0. The highest BCUT2D eigenvalue weighted by atomic mass is 28.5. The SMILES string of the molecule is CCCO[Si](C)(C)O[Si](C)(C)OCCC. The molecule has 0 aliphatic rings. The summed E-state index contributed by atoms with van der Waals surface area (Å²) >= 11 is 0. The molecule has 0 aliphatic carbocycles. The molecule has 0 saturated carbocycles. The molecule has 5 heteroatoms. The Labute approximate surface area is 96.6 Å². The quantitative estimate of drug-likeness (QED) is 0.619. The summed E-state index contributed by atoms with van der Waals surface area (Å²) < 4.78 is 17.6. The molecule has 3 nitrogen and oxygen atoms in total. The van der Waals surface area contributed by atoms with Crippen molar-refractivity contribution in [2.45, 2.75) is 52.9 Å². The van der Waals surface area contributed by atoms with Gasteiger partial charge in [-0.1, -0.05) is 13.8 Å². The van der Waals surface area contributed by atoms with Gasteiger partial charge in [0.2, 0.25) is 0 Å². The van der Waals surface area contributed by atoms with E-state index in [0.717, 1.165) is 26.1 Å². The van der Waals surface area contributed by atoms with Crippen molar-refractivity contribution in [2.75, 3.05) is 13.2 Å². The first-order valence-electron chi connectivity index (χ1n) is 5.81. The Hall–Kier alpha value is 0.314. The fourth-order valence-electron chi connectivity index (χ4n) is 1.35. The van der Waals surface area contributed by atoms with Gasteiger partial charge in [-0.3, -0.25) is 0 Å². The average molecular weight is 250 g/mol. The first kappa shape index (κ1) is 15.3. The lowest BCUT2D eigenvalue weighted by atomic mass is 10.5. The maximum absolute atomic E-state index is 6.06. The van der Waals surface area contributed by atoms with E-state index in [-0.39, 0.29) is 0 Å². The Morgan fingerprint density at radius 2 is 1.07 bits per heavy atom. The first-order chi connectivity index (χ1) is 6.83. The van der Waals surface area contributed by atoms with Crippen LogP contribution in [0.15, 0.2) is 0 Å². The van der Waals surface area contributed by atoms with E-state index in [9.17, 15) is 0 Å². The zero-order valence-corrected chi connectivity index (χ0v) is 13.1. The Morgan fingerprint density at radius 1 is 0.733 bits per heavy atom. The standard InChI is InChI=1S/C10H26O3Si2/c1-7-9-11-14(3,4)13-15(5,6)12-10-8-2/h7-10H2,1-6H3. The maximum atomic E-state index is 6.06. The van der Waals surface area contributed by atoms with Crippen LogP contribution in [0.4, 0.5) is 0 Å². The smallest absolute Gasteiger partial charge is 0.322 e. The lowest BCUT2D eigenvalue weighted by molar-refractivity contribution is 0.196. The summed E-state index contributed by atoms with van der Waals surface area (Å²) in [5.74, 6) is 0. The van der Waals surface area contributed by atoms with Gasteiger partial charge in [0.25, 0.3) is 0 Å². The van der Waals surface area contributed by atoms with Crippen LogP contribution in [-0.4, -0.2) is 30.3 Å². The Bertz CT molecular complexity index is 154. The van der Waals surface area contributed by atoms with E-state index < -0.39 is 17.1 Å². The van der Waals surface area contributed by atoms with Gasteiger partial charge in [-0.25, -0.2) is 0 Å². The van der Waals surface area contributed by atoms with Crippen LogP contribution in [0, 0.1) is 0 Å². The van der Waals surface area contributed by atoms with Crippen LogP contribution in [0.3, 0.4) is 0 Å². The molecule has 15 heavy (non-hydrogen) atoms. The number of rotatable bonds is 8. The van der Waals surface area contributed by atoms with Crippen LogP contribution in [0.1, 0.15) is 26.7 Å². The molecule has 0 rings (SSSR count). The molecule has 0 aromatic heterocycles. The third-order valence-corrected chi connectivity index (χ3v) is 7.53. The van der Waals surface area contributed by atoms with Crippen molar-refractivity contribution in [1.29, 1.82) is 0 Å². The van der Waals surface area contributed by atoms with Gasteiger partial charge < -0.3 is 13.0 Å². The fourth-order valence-corrected chi connectivity index (χ4v) is 7.94. The van der Waals surface area contributed by atoms with Crippen LogP contribution in [0.5, 0.6) is 0 Å². The molecule has 92 valence electrons. The molecule has 0 amide bonds. The van der Waals surface area contributed by atoms with E-state index in [1.165, 1.54) is 0 Å². The van der Waals surface area contributed by atoms with E-state index in [1.807, 2.05) is 0 Å². The van der Waals surface area contributed by atoms with Gasteiger partial charge in [-0.2, -0.15) is 0 Å². The predicted octanol–water partition coefficient (Wildman–Crippen LogP) is 3.26. The van der Waals surface area contributed by atoms with Gasteiger partial charge in [0.1, 0.15) is 0 Å². The van der Waals surface area contributed by atoms with Crippen molar-refractivity contribution in [2.24, 2.45) is 0 Å². The minimum Gasteiger partial charge on any atom is -0.415 e. The Kier molecular flexibility index (Phi) is 6.94. The zero-order chi connectivity index (χ0) is 11.9. The molecule has 0 N–H and O–H groups in total. The first-order valence-corrected chi connectivity index (χ1v) is 11.4. The second-order valence-electron chi connectivity index (χ2n) is 4.60. The molecule has 0 atom stereocenters. The monoisotopic (exact) mass is 250 g/mol. The van der Waals surface area contributed by atoms with E-state index in [4.69, 9.17) is 13.0 Å². The molecule has 0 fully saturated rings. The van der Waals surface area contributed by atoms with E-state index in [0.29, 0.717) is 0 Å². The topological polar surface area (TPSA) is 27.7 Å². The molecular formula is C10H26O3Si2. The molecule has 0 heterocycles. The normalized spacial score (nSPS) is 13.2. The summed E-state index contributed by atoms with van der Waals surface area (Å²) in [5.41, 5.74) is 0. The van der Waals surface area contributed by atoms with Gasteiger partial charge in [0.05, 0.1) is 0 Å². The zero-order valence-electron chi connectivity index (χ0n) is 11.1. The molecule has 0 aliphatic heterocycles. The Balaban J connectivity index is 4.04. The predicted molar refractivity (Wildman–Crippen MR) is 68.5 cm³/mol. The van der Waals surface area contributed by atoms with E-state index in [2.05, 4.69) is 40.0 Å². The van der Waals surface area contributed by atoms with E-state index in [1.54, 1.807) is 0 Å². The van der Waals surface area contributed by atoms with Gasteiger partial charge >= 0.3 is 17.1 Å². The van der Waals surface area contributed by atoms with Crippen molar-refractivity contribution in [1.82, 2.24) is 0 Å². The molecule has 0 radical (unpaired) electrons. The average Bonchev–Trinajstić information content (AvgIpc) is 2.10. The fraction of sp³-hybridized carbons (Fsp3) is 1.00. The van der Waals surface area contributed by atoms with Crippen molar-refractivity contribution in [3.8, 4) is 0 Å². The summed E-state index contributed by atoms with van der Waals surface area (Å²) in [5, 5.41) is 0. The van der Waals surface area contributed by atoms with Crippen LogP contribution in [0.2, 0.25) is 26.2 Å². The second kappa shape index (κ2) is 6.80. The van der Waals surface area contributed by atoms with Crippen molar-refractivity contribution in [3.63, 3.8) is 0 Å². The highest BCUT2D eigenvalue weighted by molar-refractivity contribution is 6.78. The third kappa shape index (κ3) is 8.16. The third-order valence-electron chi connectivity index (χ3n) is 1.80. The van der Waals surface area contributed by atoms with Crippen LogP contribution >= 0.6 is 0 Å². The molecule has 0 bridgehead atoms. The Morgan fingerprint density at radius 3 is 1.33 bits per heavy atom. The van der Waals surface area contributed by atoms with Crippen molar-refractivity contribution >= 4 is 17.1 Å². The molecule has 0 aromatic carbocycles. The van der Waals surface area contributed by atoms with Gasteiger partial charge in [0, 0.05) is 13.2 Å². The molecule has 0 saturated heterocycles. The minimum atomic E-state index is -1.97. The highest BCUT2D eigenvalue weighted by Gasteiger charge is 2.35. The number of hydrogen-bond acceptors (Lipinski definition) is 3. The molecule has 0 unspecified atom stereocenters. The van der Waals surface area contributed by atoms with Crippen LogP contribution in [0.25, 0.3) is 0 Å². The summed E-state index contributed by atoms with van der Waals surface area (Å²) in [6.45, 7) is 14.2. The van der Waals surface area contributed by atoms with Gasteiger partial charge in [-0.05, 0) is 39.0 Å². The maximum Gasteiger partial charge on any atom is 0.322 e. The van der Waals surface area contributed by atoms with Gasteiger partial charge in [-0.15, -0.1) is 0 Å². The molecule has 0 spiro atoms. The van der Waals surface area contributed by atoms with Gasteiger partial charge in [0.15, 0.2) is 0 Å². The van der Waals surface area contributed by atoms with Crippen molar-refractivity contribution < 1.29 is 13.0 Å². The van der Waals surface area contributed by atoms with Crippen LogP contribution < -0.4 is 0 Å². The summed E-state index contributed by atoms with van der Waals surface area (Å²) in [7, 11) is -3.95. The summed E-state index contributed by atoms with van der Waals surface area (Å²) in [6.07, 6.45) is 2.08. The summed E-state index contributed by atoms with van der Waals surface area (Å²) in [6, 6.07) is 0. The lowest BCUT2D eigenvalue weighted by Crippen LogP contribution is -2.48. The molecule has 0 aromatic rings. The second-order valence-corrected chi connectivity index (χ2v) is 11.6. The lowest BCUT2D eigenvalue weighted by Gasteiger charge is -2.32. The van der Waals surface area contributed by atoms with Crippen LogP contribution in [-0.2, 0) is 13.0 Å². The highest BCUT2D eigenvalue weighted by Crippen LogP contribution is 2.17. The largest absolute Gasteiger partial charge is 0.415 e. The summed E-state index contributed by atoms with van der Waals surface area (Å²) in [4.78, 5) is 0. The molecular weight excluding hydrogens is 224 g/mol. The minimum absolute atomic E-state index is 0.789. The van der Waals surface area contributed by atoms with Crippen molar-refractivity contribution in [3.05, 3.63) is 0 Å². The van der Waals surface area contributed by atoms with E-state index >= 15 is 0 Å².